The highest BCUT2D eigenvalue weighted by molar-refractivity contribution is 7.17. The van der Waals surface area contributed by atoms with E-state index in [1.54, 1.807) is 36.5 Å². The molecule has 0 bridgehead atoms. The van der Waals surface area contributed by atoms with Crippen LogP contribution in [0.1, 0.15) is 20.8 Å². The summed E-state index contributed by atoms with van der Waals surface area (Å²) in [5, 5.41) is 2.73. The number of aromatic nitrogens is 2. The molecule has 0 saturated carbocycles. The van der Waals surface area contributed by atoms with Gasteiger partial charge in [-0.1, -0.05) is 49.1 Å². The molecule has 1 N–H and O–H groups in total. The summed E-state index contributed by atoms with van der Waals surface area (Å²) in [7, 11) is 0. The van der Waals surface area contributed by atoms with Gasteiger partial charge in [-0.15, -0.1) is 11.3 Å². The molecule has 0 radical (unpaired) electrons. The van der Waals surface area contributed by atoms with Gasteiger partial charge in [-0.2, -0.15) is 0 Å². The molecule has 0 atom stereocenters. The molecule has 0 fully saturated rings. The normalized spacial score (nSPS) is 10.7. The van der Waals surface area contributed by atoms with Gasteiger partial charge < -0.3 is 10.1 Å². The number of fused-ring (bicyclic) bond motifs is 1. The smallest absolute Gasteiger partial charge is 0.271 e. The van der Waals surface area contributed by atoms with Crippen LogP contribution in [0, 0.1) is 0 Å². The number of hydrogen-bond donors (Lipinski definition) is 1. The number of carbonyl (C=O) groups is 1. The van der Waals surface area contributed by atoms with E-state index >= 15 is 0 Å². The Morgan fingerprint density at radius 2 is 2.03 bits per heavy atom. The number of amides is 1. The Hall–Kier alpha value is -3.71. The molecule has 0 aliphatic heterocycles. The van der Waals surface area contributed by atoms with E-state index < -0.39 is 11.5 Å². The monoisotopic (exact) mass is 417 g/mol. The molecule has 2 heterocycles. The van der Waals surface area contributed by atoms with Crippen LogP contribution >= 0.6 is 11.3 Å². The highest BCUT2D eigenvalue weighted by atomic mass is 32.1. The minimum Gasteiger partial charge on any atom is -0.489 e. The first-order valence-electron chi connectivity index (χ1n) is 9.33. The molecule has 6 nitrogen and oxygen atoms in total. The fourth-order valence-electron chi connectivity index (χ4n) is 2.98. The van der Waals surface area contributed by atoms with E-state index in [0.29, 0.717) is 29.4 Å². The molecule has 2 aromatic carbocycles. The van der Waals surface area contributed by atoms with Gasteiger partial charge in [0.05, 0.1) is 0 Å². The highest BCUT2D eigenvalue weighted by Gasteiger charge is 2.16. The molecular weight excluding hydrogens is 398 g/mol. The SMILES string of the molecule is C=CCOc1cccc(NC(=O)c2cnc3sc(Cc4ccccc4)cn3c2=O)c1. The van der Waals surface area contributed by atoms with Gasteiger partial charge in [0.2, 0.25) is 0 Å². The third-order valence-electron chi connectivity index (χ3n) is 4.38. The van der Waals surface area contributed by atoms with Crippen LogP contribution in [0.2, 0.25) is 0 Å². The summed E-state index contributed by atoms with van der Waals surface area (Å²) in [5.74, 6) is 0.0833. The summed E-state index contributed by atoms with van der Waals surface area (Å²) in [6.45, 7) is 3.97. The highest BCUT2D eigenvalue weighted by Crippen LogP contribution is 2.20. The zero-order valence-corrected chi connectivity index (χ0v) is 16.9. The predicted molar refractivity (Wildman–Crippen MR) is 119 cm³/mol. The predicted octanol–water partition coefficient (Wildman–Crippen LogP) is 4.16. The molecule has 150 valence electrons. The van der Waals surface area contributed by atoms with Crippen LogP contribution in [0.25, 0.3) is 4.96 Å². The number of anilines is 1. The zero-order valence-electron chi connectivity index (χ0n) is 16.1. The summed E-state index contributed by atoms with van der Waals surface area (Å²) < 4.78 is 6.90. The van der Waals surface area contributed by atoms with E-state index in [2.05, 4.69) is 16.9 Å². The second kappa shape index (κ2) is 8.75. The summed E-state index contributed by atoms with van der Waals surface area (Å²) in [6, 6.07) is 16.9. The average Bonchev–Trinajstić information content (AvgIpc) is 3.17. The molecule has 0 saturated heterocycles. The maximum absolute atomic E-state index is 12.9. The van der Waals surface area contributed by atoms with E-state index in [4.69, 9.17) is 4.74 Å². The lowest BCUT2D eigenvalue weighted by atomic mass is 10.1. The minimum absolute atomic E-state index is 0.0195. The van der Waals surface area contributed by atoms with Gasteiger partial charge >= 0.3 is 0 Å². The molecule has 4 aromatic rings. The van der Waals surface area contributed by atoms with Crippen molar-refractivity contribution >= 4 is 27.9 Å². The lowest BCUT2D eigenvalue weighted by Gasteiger charge is -2.08. The summed E-state index contributed by atoms with van der Waals surface area (Å²) in [4.78, 5) is 31.4. The fourth-order valence-corrected chi connectivity index (χ4v) is 3.95. The van der Waals surface area contributed by atoms with E-state index in [1.807, 2.05) is 30.3 Å². The van der Waals surface area contributed by atoms with Gasteiger partial charge in [-0.05, 0) is 17.7 Å². The van der Waals surface area contributed by atoms with Crippen LogP contribution in [0.3, 0.4) is 0 Å². The molecule has 0 spiro atoms. The number of rotatable bonds is 7. The molecule has 0 unspecified atom stereocenters. The van der Waals surface area contributed by atoms with Crippen LogP contribution in [0.15, 0.2) is 84.4 Å². The van der Waals surface area contributed by atoms with Crippen LogP contribution in [-0.4, -0.2) is 21.9 Å². The summed E-state index contributed by atoms with van der Waals surface area (Å²) >= 11 is 1.44. The second-order valence-electron chi connectivity index (χ2n) is 6.57. The topological polar surface area (TPSA) is 72.7 Å². The van der Waals surface area contributed by atoms with Crippen LogP contribution in [-0.2, 0) is 6.42 Å². The van der Waals surface area contributed by atoms with Crippen molar-refractivity contribution < 1.29 is 9.53 Å². The number of thiazole rings is 1. The number of carbonyl (C=O) groups excluding carboxylic acids is 1. The molecule has 2 aromatic heterocycles. The fraction of sp³-hybridized carbons (Fsp3) is 0.0870. The molecule has 0 aliphatic carbocycles. The van der Waals surface area contributed by atoms with Gasteiger partial charge in [0.15, 0.2) is 4.96 Å². The van der Waals surface area contributed by atoms with Gasteiger partial charge in [-0.25, -0.2) is 4.98 Å². The largest absolute Gasteiger partial charge is 0.489 e. The Morgan fingerprint density at radius 1 is 1.20 bits per heavy atom. The number of hydrogen-bond acceptors (Lipinski definition) is 5. The third kappa shape index (κ3) is 4.31. The van der Waals surface area contributed by atoms with Crippen molar-refractivity contribution in [1.29, 1.82) is 0 Å². The maximum atomic E-state index is 12.9. The van der Waals surface area contributed by atoms with Crippen LogP contribution in [0.5, 0.6) is 5.75 Å². The van der Waals surface area contributed by atoms with Gasteiger partial charge in [0.25, 0.3) is 11.5 Å². The van der Waals surface area contributed by atoms with E-state index in [9.17, 15) is 9.59 Å². The molecular formula is C23H19N3O3S. The van der Waals surface area contributed by atoms with Gasteiger partial charge in [0.1, 0.15) is 17.9 Å². The quantitative estimate of drug-likeness (QED) is 0.458. The molecule has 4 rings (SSSR count). The van der Waals surface area contributed by atoms with E-state index in [-0.39, 0.29) is 5.56 Å². The molecule has 1 amide bonds. The Bertz CT molecular complexity index is 1260. The van der Waals surface area contributed by atoms with Crippen molar-refractivity contribution in [3.05, 3.63) is 106 Å². The van der Waals surface area contributed by atoms with Crippen molar-refractivity contribution in [1.82, 2.24) is 9.38 Å². The first kappa shape index (κ1) is 19.6. The molecule has 7 heteroatoms. The summed E-state index contributed by atoms with van der Waals surface area (Å²) in [5.41, 5.74) is 1.26. The second-order valence-corrected chi connectivity index (χ2v) is 7.66. The Labute approximate surface area is 177 Å². The first-order chi connectivity index (χ1) is 14.6. The minimum atomic E-state index is -0.515. The van der Waals surface area contributed by atoms with Crippen LogP contribution in [0.4, 0.5) is 5.69 Å². The summed E-state index contributed by atoms with van der Waals surface area (Å²) in [6.07, 6.45) is 5.42. The van der Waals surface area contributed by atoms with Crippen molar-refractivity contribution in [3.8, 4) is 5.75 Å². The van der Waals surface area contributed by atoms with Crippen molar-refractivity contribution in [2.75, 3.05) is 11.9 Å². The molecule has 30 heavy (non-hydrogen) atoms. The Balaban J connectivity index is 1.57. The lowest BCUT2D eigenvalue weighted by molar-refractivity contribution is 0.102. The Kier molecular flexibility index (Phi) is 5.72. The number of nitrogens with zero attached hydrogens (tertiary/aromatic N) is 2. The van der Waals surface area contributed by atoms with Crippen LogP contribution < -0.4 is 15.6 Å². The van der Waals surface area contributed by atoms with Crippen molar-refractivity contribution in [2.45, 2.75) is 6.42 Å². The van der Waals surface area contributed by atoms with Crippen molar-refractivity contribution in [3.63, 3.8) is 0 Å². The van der Waals surface area contributed by atoms with Gasteiger partial charge in [-0.3, -0.25) is 14.0 Å². The lowest BCUT2D eigenvalue weighted by Crippen LogP contribution is -2.25. The van der Waals surface area contributed by atoms with Gasteiger partial charge in [0, 0.05) is 35.4 Å². The van der Waals surface area contributed by atoms with E-state index in [1.165, 1.54) is 21.9 Å². The average molecular weight is 417 g/mol. The maximum Gasteiger partial charge on any atom is 0.271 e. The van der Waals surface area contributed by atoms with E-state index in [0.717, 1.165) is 10.4 Å². The zero-order chi connectivity index (χ0) is 20.9. The number of benzene rings is 2. The standard InChI is InChI=1S/C23H19N3O3S/c1-2-11-29-18-10-6-9-17(13-18)25-21(27)20-14-24-23-26(22(20)28)15-19(30-23)12-16-7-4-3-5-8-16/h2-10,13-15H,1,11-12H2,(H,25,27). The van der Waals surface area contributed by atoms with Crippen molar-refractivity contribution in [2.24, 2.45) is 0 Å². The number of ether oxygens (including phenoxy) is 1. The number of nitrogens with one attached hydrogen (secondary N) is 1. The Morgan fingerprint density at radius 3 is 2.83 bits per heavy atom. The molecule has 0 aliphatic rings. The third-order valence-corrected chi connectivity index (χ3v) is 5.38. The first-order valence-corrected chi connectivity index (χ1v) is 10.1.